The number of rotatable bonds is 6. The average molecular weight is 574 g/mol. The standard InChI is InChI=1S/C30H26F3N7O2/c1-38-27(20-6-4-3-5-7-20)22(26-28(38)34-18-35-29(26)42-2)12-13-25(41)39-15-14-24-23(17-39)36-37-40(24)16-19-8-10-21(11-9-19)30(31,32)33/h3-13,18H,14-17H2,1-2H3/b13-12+. The summed E-state index contributed by atoms with van der Waals surface area (Å²) in [7, 11) is 3.46. The van der Waals surface area contributed by atoms with Crippen molar-refractivity contribution in [2.24, 2.45) is 7.05 Å². The number of hydrogen-bond donors (Lipinski definition) is 0. The molecule has 0 saturated heterocycles. The first-order valence-corrected chi connectivity index (χ1v) is 13.2. The Labute approximate surface area is 238 Å². The van der Waals surface area contributed by atoms with Gasteiger partial charge in [0, 0.05) is 31.7 Å². The van der Waals surface area contributed by atoms with Gasteiger partial charge < -0.3 is 14.2 Å². The smallest absolute Gasteiger partial charge is 0.416 e. The van der Waals surface area contributed by atoms with E-state index in [-0.39, 0.29) is 12.5 Å². The molecule has 2 aromatic carbocycles. The van der Waals surface area contributed by atoms with E-state index < -0.39 is 11.7 Å². The van der Waals surface area contributed by atoms with Gasteiger partial charge in [-0.3, -0.25) is 4.79 Å². The summed E-state index contributed by atoms with van der Waals surface area (Å²) < 4.78 is 47.9. The zero-order chi connectivity index (χ0) is 29.4. The van der Waals surface area contributed by atoms with Crippen LogP contribution in [0.3, 0.4) is 0 Å². The molecule has 0 spiro atoms. The quantitative estimate of drug-likeness (QED) is 0.269. The molecule has 0 atom stereocenters. The van der Waals surface area contributed by atoms with Gasteiger partial charge in [0.25, 0.3) is 0 Å². The van der Waals surface area contributed by atoms with Crippen LogP contribution in [0.5, 0.6) is 5.88 Å². The van der Waals surface area contributed by atoms with E-state index in [0.717, 1.165) is 34.6 Å². The van der Waals surface area contributed by atoms with E-state index in [9.17, 15) is 18.0 Å². The van der Waals surface area contributed by atoms with Crippen molar-refractivity contribution >= 4 is 23.0 Å². The molecule has 1 aliphatic rings. The monoisotopic (exact) mass is 573 g/mol. The van der Waals surface area contributed by atoms with Crippen LogP contribution in [0.2, 0.25) is 0 Å². The lowest BCUT2D eigenvalue weighted by Crippen LogP contribution is -2.35. The molecule has 4 heterocycles. The summed E-state index contributed by atoms with van der Waals surface area (Å²) in [5.41, 5.74) is 4.80. The number of benzene rings is 2. The number of hydrogen-bond acceptors (Lipinski definition) is 6. The number of fused-ring (bicyclic) bond motifs is 2. The van der Waals surface area contributed by atoms with E-state index in [1.165, 1.54) is 24.5 Å². The number of amides is 1. The zero-order valence-electron chi connectivity index (χ0n) is 22.8. The number of alkyl halides is 3. The van der Waals surface area contributed by atoms with Crippen molar-refractivity contribution < 1.29 is 22.7 Å². The lowest BCUT2D eigenvalue weighted by Gasteiger charge is -2.25. The fourth-order valence-electron chi connectivity index (χ4n) is 5.33. The van der Waals surface area contributed by atoms with Crippen LogP contribution < -0.4 is 4.74 Å². The highest BCUT2D eigenvalue weighted by Gasteiger charge is 2.30. The number of carbonyl (C=O) groups is 1. The second kappa shape index (κ2) is 10.8. The Hall–Kier alpha value is -5.00. The molecule has 0 bridgehead atoms. The molecule has 0 fully saturated rings. The number of halogens is 3. The summed E-state index contributed by atoms with van der Waals surface area (Å²) in [5, 5.41) is 9.18. The van der Waals surface area contributed by atoms with Gasteiger partial charge in [-0.15, -0.1) is 5.10 Å². The third-order valence-electron chi connectivity index (χ3n) is 7.41. The summed E-state index contributed by atoms with van der Waals surface area (Å²) in [6.07, 6.45) is 0.894. The number of methoxy groups -OCH3 is 1. The van der Waals surface area contributed by atoms with Crippen LogP contribution in [0.1, 0.15) is 28.1 Å². The minimum absolute atomic E-state index is 0.190. The molecule has 0 radical (unpaired) electrons. The molecule has 0 aliphatic carbocycles. The fourth-order valence-corrected chi connectivity index (χ4v) is 5.33. The van der Waals surface area contributed by atoms with E-state index in [2.05, 4.69) is 20.3 Å². The molecule has 42 heavy (non-hydrogen) atoms. The third-order valence-corrected chi connectivity index (χ3v) is 7.41. The van der Waals surface area contributed by atoms with Gasteiger partial charge in [0.2, 0.25) is 11.8 Å². The second-order valence-electron chi connectivity index (χ2n) is 9.95. The molecule has 1 amide bonds. The molecule has 0 unspecified atom stereocenters. The third kappa shape index (κ3) is 5.00. The number of nitrogens with zero attached hydrogens (tertiary/aromatic N) is 7. The Morgan fingerprint density at radius 2 is 1.83 bits per heavy atom. The topological polar surface area (TPSA) is 91.0 Å². The maximum Gasteiger partial charge on any atom is 0.416 e. The Bertz CT molecular complexity index is 1790. The predicted molar refractivity (Wildman–Crippen MR) is 149 cm³/mol. The van der Waals surface area contributed by atoms with E-state index in [1.807, 2.05) is 41.9 Å². The lowest BCUT2D eigenvalue weighted by atomic mass is 10.1. The molecule has 12 heteroatoms. The zero-order valence-corrected chi connectivity index (χ0v) is 22.8. The highest BCUT2D eigenvalue weighted by Crippen LogP contribution is 2.37. The maximum atomic E-state index is 13.4. The van der Waals surface area contributed by atoms with Crippen LogP contribution in [0.15, 0.2) is 67.0 Å². The Balaban J connectivity index is 1.24. The van der Waals surface area contributed by atoms with E-state index in [0.29, 0.717) is 47.7 Å². The molecule has 6 rings (SSSR count). The first-order chi connectivity index (χ1) is 20.2. The van der Waals surface area contributed by atoms with Gasteiger partial charge in [-0.1, -0.05) is 47.7 Å². The molecule has 0 saturated carbocycles. The van der Waals surface area contributed by atoms with Gasteiger partial charge in [-0.2, -0.15) is 13.2 Å². The van der Waals surface area contributed by atoms with Crippen molar-refractivity contribution in [2.45, 2.75) is 25.7 Å². The highest BCUT2D eigenvalue weighted by molar-refractivity contribution is 6.02. The van der Waals surface area contributed by atoms with Gasteiger partial charge in [0.1, 0.15) is 17.7 Å². The van der Waals surface area contributed by atoms with Crippen LogP contribution >= 0.6 is 0 Å². The minimum atomic E-state index is -4.38. The first-order valence-electron chi connectivity index (χ1n) is 13.2. The van der Waals surface area contributed by atoms with Crippen molar-refractivity contribution in [3.05, 3.63) is 95.1 Å². The minimum Gasteiger partial charge on any atom is -0.480 e. The van der Waals surface area contributed by atoms with E-state index >= 15 is 0 Å². The lowest BCUT2D eigenvalue weighted by molar-refractivity contribution is -0.137. The molecular formula is C30H26F3N7O2. The normalized spacial score (nSPS) is 13.6. The van der Waals surface area contributed by atoms with Crippen molar-refractivity contribution in [1.82, 2.24) is 34.4 Å². The van der Waals surface area contributed by atoms with Crippen LogP contribution in [-0.2, 0) is 37.5 Å². The van der Waals surface area contributed by atoms with Gasteiger partial charge in [0.15, 0.2) is 0 Å². The summed E-state index contributed by atoms with van der Waals surface area (Å²) >= 11 is 0. The Morgan fingerprint density at radius 3 is 2.55 bits per heavy atom. The molecule has 5 aromatic rings. The molecule has 9 nitrogen and oxygen atoms in total. The van der Waals surface area contributed by atoms with Crippen LogP contribution in [0.25, 0.3) is 28.4 Å². The van der Waals surface area contributed by atoms with Crippen LogP contribution in [0.4, 0.5) is 13.2 Å². The van der Waals surface area contributed by atoms with Crippen molar-refractivity contribution in [1.29, 1.82) is 0 Å². The highest BCUT2D eigenvalue weighted by atomic mass is 19.4. The molecule has 1 aliphatic heterocycles. The molecule has 3 aromatic heterocycles. The van der Waals surface area contributed by atoms with Crippen molar-refractivity contribution in [2.75, 3.05) is 13.7 Å². The summed E-state index contributed by atoms with van der Waals surface area (Å²) in [4.78, 5) is 23.8. The number of ether oxygens (including phenoxy) is 1. The summed E-state index contributed by atoms with van der Waals surface area (Å²) in [6.45, 7) is 1.02. The number of aromatic nitrogens is 6. The van der Waals surface area contributed by atoms with Crippen LogP contribution in [0, 0.1) is 0 Å². The van der Waals surface area contributed by atoms with Gasteiger partial charge in [-0.05, 0) is 29.3 Å². The van der Waals surface area contributed by atoms with Crippen molar-refractivity contribution in [3.63, 3.8) is 0 Å². The largest absolute Gasteiger partial charge is 0.480 e. The average Bonchev–Trinajstić information content (AvgIpc) is 3.53. The van der Waals surface area contributed by atoms with Gasteiger partial charge >= 0.3 is 6.18 Å². The van der Waals surface area contributed by atoms with Gasteiger partial charge in [-0.25, -0.2) is 14.6 Å². The van der Waals surface area contributed by atoms with E-state index in [4.69, 9.17) is 4.74 Å². The predicted octanol–water partition coefficient (Wildman–Crippen LogP) is 4.90. The maximum absolute atomic E-state index is 13.4. The number of carbonyl (C=O) groups excluding carboxylic acids is 1. The Kier molecular flexibility index (Phi) is 6.97. The first kappa shape index (κ1) is 27.2. The van der Waals surface area contributed by atoms with E-state index in [1.54, 1.807) is 22.8 Å². The van der Waals surface area contributed by atoms with Crippen molar-refractivity contribution in [3.8, 4) is 17.1 Å². The summed E-state index contributed by atoms with van der Waals surface area (Å²) in [6, 6.07) is 14.8. The molecule has 214 valence electrons. The van der Waals surface area contributed by atoms with Crippen LogP contribution in [-0.4, -0.2) is 54.0 Å². The molecule has 0 N–H and O–H groups in total. The number of aryl methyl sites for hydroxylation is 1. The fraction of sp³-hybridized carbons (Fsp3) is 0.233. The Morgan fingerprint density at radius 1 is 1.07 bits per heavy atom. The summed E-state index contributed by atoms with van der Waals surface area (Å²) in [5.74, 6) is 0.224. The van der Waals surface area contributed by atoms with Gasteiger partial charge in [0.05, 0.1) is 42.5 Å². The SMILES string of the molecule is COc1ncnc2c1c(/C=C/C(=O)N1CCc3c(nnn3Cc3ccc(C(F)(F)F)cc3)C1)c(-c1ccccc1)n2C. The molecular weight excluding hydrogens is 547 g/mol. The second-order valence-corrected chi connectivity index (χ2v) is 9.95.